The standard InChI is InChI=1S/C16H21N3O4S/c20-13-16(21)7-1-10-18(12-8-16)24(22,23)15-5-3-14(4-6-15)19-11-2-9-17-19/h2-6,9,11,20-21H,1,7-8,10,12-13H2. The lowest BCUT2D eigenvalue weighted by Gasteiger charge is -2.24. The highest BCUT2D eigenvalue weighted by molar-refractivity contribution is 7.89. The van der Waals surface area contributed by atoms with Crippen LogP contribution in [0, 0.1) is 0 Å². The lowest BCUT2D eigenvalue weighted by molar-refractivity contribution is -0.0244. The van der Waals surface area contributed by atoms with E-state index in [1.807, 2.05) is 0 Å². The van der Waals surface area contributed by atoms with E-state index in [4.69, 9.17) is 0 Å². The Balaban J connectivity index is 1.80. The van der Waals surface area contributed by atoms with E-state index in [0.717, 1.165) is 5.69 Å². The fourth-order valence-corrected chi connectivity index (χ4v) is 4.37. The van der Waals surface area contributed by atoms with Crippen LogP contribution in [0.3, 0.4) is 0 Å². The van der Waals surface area contributed by atoms with Gasteiger partial charge in [0, 0.05) is 25.5 Å². The van der Waals surface area contributed by atoms with E-state index >= 15 is 0 Å². The molecule has 0 bridgehead atoms. The van der Waals surface area contributed by atoms with E-state index < -0.39 is 15.6 Å². The Morgan fingerprint density at radius 3 is 2.54 bits per heavy atom. The van der Waals surface area contributed by atoms with Crippen molar-refractivity contribution in [2.75, 3.05) is 19.7 Å². The topological polar surface area (TPSA) is 95.7 Å². The lowest BCUT2D eigenvalue weighted by Crippen LogP contribution is -2.36. The van der Waals surface area contributed by atoms with E-state index in [1.54, 1.807) is 47.4 Å². The van der Waals surface area contributed by atoms with Gasteiger partial charge in [0.05, 0.1) is 22.8 Å². The van der Waals surface area contributed by atoms with E-state index in [0.29, 0.717) is 19.4 Å². The molecule has 24 heavy (non-hydrogen) atoms. The van der Waals surface area contributed by atoms with Gasteiger partial charge in [-0.2, -0.15) is 9.40 Å². The summed E-state index contributed by atoms with van der Waals surface area (Å²) in [5.74, 6) is 0. The van der Waals surface area contributed by atoms with Crippen LogP contribution >= 0.6 is 0 Å². The SMILES string of the molecule is O=S(=O)(c1ccc(-n2cccn2)cc1)N1CCCC(O)(CO)CC1. The van der Waals surface area contributed by atoms with Gasteiger partial charge in [0.15, 0.2) is 0 Å². The second-order valence-corrected chi connectivity index (χ2v) is 8.02. The van der Waals surface area contributed by atoms with Gasteiger partial charge in [0.1, 0.15) is 0 Å². The normalized spacial score (nSPS) is 23.1. The van der Waals surface area contributed by atoms with Crippen molar-refractivity contribution in [3.8, 4) is 5.69 Å². The third kappa shape index (κ3) is 3.36. The molecule has 1 unspecified atom stereocenters. The number of sulfonamides is 1. The molecule has 0 aliphatic carbocycles. The number of aliphatic hydroxyl groups is 2. The monoisotopic (exact) mass is 351 g/mol. The van der Waals surface area contributed by atoms with Gasteiger partial charge in [-0.15, -0.1) is 0 Å². The first-order valence-electron chi connectivity index (χ1n) is 7.88. The van der Waals surface area contributed by atoms with Crippen molar-refractivity contribution in [3.05, 3.63) is 42.7 Å². The van der Waals surface area contributed by atoms with Crippen LogP contribution in [0.5, 0.6) is 0 Å². The highest BCUT2D eigenvalue weighted by atomic mass is 32.2. The second kappa shape index (κ2) is 6.64. The second-order valence-electron chi connectivity index (χ2n) is 6.08. The van der Waals surface area contributed by atoms with Crippen molar-refractivity contribution in [2.45, 2.75) is 29.8 Å². The molecule has 0 amide bonds. The largest absolute Gasteiger partial charge is 0.393 e. The van der Waals surface area contributed by atoms with Crippen LogP contribution in [0.25, 0.3) is 5.69 Å². The van der Waals surface area contributed by atoms with E-state index in [2.05, 4.69) is 5.10 Å². The summed E-state index contributed by atoms with van der Waals surface area (Å²) in [6, 6.07) is 8.35. The zero-order valence-electron chi connectivity index (χ0n) is 13.2. The van der Waals surface area contributed by atoms with Crippen molar-refractivity contribution in [1.82, 2.24) is 14.1 Å². The average molecular weight is 351 g/mol. The van der Waals surface area contributed by atoms with Gasteiger partial charge in [-0.3, -0.25) is 0 Å². The van der Waals surface area contributed by atoms with Crippen molar-refractivity contribution in [2.24, 2.45) is 0 Å². The molecule has 130 valence electrons. The molecule has 2 N–H and O–H groups in total. The third-order valence-corrected chi connectivity index (χ3v) is 6.33. The summed E-state index contributed by atoms with van der Waals surface area (Å²) < 4.78 is 28.6. The molecule has 0 saturated carbocycles. The van der Waals surface area contributed by atoms with Crippen LogP contribution in [0.1, 0.15) is 19.3 Å². The van der Waals surface area contributed by atoms with Gasteiger partial charge in [0.25, 0.3) is 0 Å². The fraction of sp³-hybridized carbons (Fsp3) is 0.438. The zero-order valence-corrected chi connectivity index (χ0v) is 14.1. The minimum atomic E-state index is -3.62. The number of aromatic nitrogens is 2. The maximum absolute atomic E-state index is 12.8. The molecule has 0 radical (unpaired) electrons. The van der Waals surface area contributed by atoms with Crippen LogP contribution in [-0.4, -0.2) is 58.0 Å². The van der Waals surface area contributed by atoms with Gasteiger partial charge in [-0.25, -0.2) is 13.1 Å². The molecule has 1 saturated heterocycles. The molecule has 1 fully saturated rings. The van der Waals surface area contributed by atoms with Gasteiger partial charge in [-0.1, -0.05) is 0 Å². The molecule has 1 aromatic carbocycles. The van der Waals surface area contributed by atoms with Crippen molar-refractivity contribution < 1.29 is 18.6 Å². The Morgan fingerprint density at radius 2 is 1.92 bits per heavy atom. The number of rotatable bonds is 4. The van der Waals surface area contributed by atoms with Crippen LogP contribution < -0.4 is 0 Å². The van der Waals surface area contributed by atoms with Crippen molar-refractivity contribution in [1.29, 1.82) is 0 Å². The highest BCUT2D eigenvalue weighted by Gasteiger charge is 2.34. The number of hydrogen-bond acceptors (Lipinski definition) is 5. The molecular formula is C16H21N3O4S. The zero-order chi connectivity index (χ0) is 17.2. The van der Waals surface area contributed by atoms with Crippen LogP contribution in [0.2, 0.25) is 0 Å². The maximum Gasteiger partial charge on any atom is 0.243 e. The Kier molecular flexibility index (Phi) is 4.73. The summed E-state index contributed by atoms with van der Waals surface area (Å²) in [7, 11) is -3.62. The number of aliphatic hydroxyl groups excluding tert-OH is 1. The summed E-state index contributed by atoms with van der Waals surface area (Å²) in [5.41, 5.74) is -0.404. The average Bonchev–Trinajstić information content (AvgIpc) is 3.05. The Labute approximate surface area is 141 Å². The first-order valence-corrected chi connectivity index (χ1v) is 9.32. The quantitative estimate of drug-likeness (QED) is 0.848. The number of benzene rings is 1. The summed E-state index contributed by atoms with van der Waals surface area (Å²) in [6.07, 6.45) is 4.59. The van der Waals surface area contributed by atoms with Gasteiger partial charge in [-0.05, 0) is 49.6 Å². The maximum atomic E-state index is 12.8. The minimum absolute atomic E-state index is 0.195. The summed E-state index contributed by atoms with van der Waals surface area (Å²) >= 11 is 0. The smallest absolute Gasteiger partial charge is 0.243 e. The minimum Gasteiger partial charge on any atom is -0.393 e. The fourth-order valence-electron chi connectivity index (χ4n) is 2.89. The van der Waals surface area contributed by atoms with E-state index in [1.165, 1.54) is 4.31 Å². The molecule has 7 nitrogen and oxygen atoms in total. The molecule has 2 aromatic rings. The molecule has 2 heterocycles. The van der Waals surface area contributed by atoms with Crippen molar-refractivity contribution in [3.63, 3.8) is 0 Å². The molecule has 1 aromatic heterocycles. The lowest BCUT2D eigenvalue weighted by atomic mass is 9.96. The number of hydrogen-bond donors (Lipinski definition) is 2. The number of nitrogens with zero attached hydrogens (tertiary/aromatic N) is 3. The summed E-state index contributed by atoms with van der Waals surface area (Å²) in [6.45, 7) is 0.186. The first-order chi connectivity index (χ1) is 11.4. The third-order valence-electron chi connectivity index (χ3n) is 4.41. The van der Waals surface area contributed by atoms with Crippen molar-refractivity contribution >= 4 is 10.0 Å². The molecule has 0 spiro atoms. The Bertz CT molecular complexity index is 774. The van der Waals surface area contributed by atoms with E-state index in [-0.39, 0.29) is 24.5 Å². The Hall–Kier alpha value is -1.74. The van der Waals surface area contributed by atoms with E-state index in [9.17, 15) is 18.6 Å². The molecule has 8 heteroatoms. The van der Waals surface area contributed by atoms with Gasteiger partial charge >= 0.3 is 0 Å². The predicted octanol–water partition coefficient (Wildman–Crippen LogP) is 0.770. The summed E-state index contributed by atoms with van der Waals surface area (Å²) in [5, 5.41) is 23.6. The molecular weight excluding hydrogens is 330 g/mol. The summed E-state index contributed by atoms with van der Waals surface area (Å²) in [4.78, 5) is 0.216. The predicted molar refractivity (Wildman–Crippen MR) is 88.2 cm³/mol. The van der Waals surface area contributed by atoms with Gasteiger partial charge < -0.3 is 10.2 Å². The van der Waals surface area contributed by atoms with Crippen LogP contribution in [0.15, 0.2) is 47.6 Å². The molecule has 1 aliphatic rings. The van der Waals surface area contributed by atoms with Gasteiger partial charge in [0.2, 0.25) is 10.0 Å². The van der Waals surface area contributed by atoms with Crippen LogP contribution in [-0.2, 0) is 10.0 Å². The molecule has 1 atom stereocenters. The highest BCUT2D eigenvalue weighted by Crippen LogP contribution is 2.26. The first kappa shape index (κ1) is 17.1. The Morgan fingerprint density at radius 1 is 1.17 bits per heavy atom. The molecule has 3 rings (SSSR count). The molecule has 1 aliphatic heterocycles. The van der Waals surface area contributed by atoms with Crippen LogP contribution in [0.4, 0.5) is 0 Å².